The summed E-state index contributed by atoms with van der Waals surface area (Å²) in [6.45, 7) is 3.64. The highest BCUT2D eigenvalue weighted by Crippen LogP contribution is 2.02. The second-order valence-electron chi connectivity index (χ2n) is 5.26. The zero-order chi connectivity index (χ0) is 16.5. The third kappa shape index (κ3) is 6.39. The first-order valence-electron chi connectivity index (χ1n) is 7.22. The highest BCUT2D eigenvalue weighted by atomic mass is 16.4. The number of nitrogens with one attached hydrogen (secondary N) is 1. The van der Waals surface area contributed by atoms with Gasteiger partial charge in [-0.3, -0.25) is 14.4 Å². The average molecular weight is 306 g/mol. The predicted octanol–water partition coefficient (Wildman–Crippen LogP) is 1.06. The second-order valence-corrected chi connectivity index (χ2v) is 5.26. The zero-order valence-corrected chi connectivity index (χ0v) is 12.9. The maximum atomic E-state index is 12.1. The SMILES string of the molecule is CC(C)N(CCC(=O)O)C(=O)CNC(=O)Cc1ccccc1. The number of aliphatic carboxylic acids is 1. The van der Waals surface area contributed by atoms with Gasteiger partial charge in [-0.05, 0) is 19.4 Å². The Morgan fingerprint density at radius 1 is 1.18 bits per heavy atom. The first kappa shape index (κ1) is 17.7. The van der Waals surface area contributed by atoms with Crippen molar-refractivity contribution in [2.75, 3.05) is 13.1 Å². The van der Waals surface area contributed by atoms with E-state index in [0.717, 1.165) is 5.56 Å². The highest BCUT2D eigenvalue weighted by Gasteiger charge is 2.18. The largest absolute Gasteiger partial charge is 0.481 e. The summed E-state index contributed by atoms with van der Waals surface area (Å²) in [6.07, 6.45) is 0.104. The number of carboxylic acids is 1. The molecule has 1 aromatic rings. The summed E-state index contributed by atoms with van der Waals surface area (Å²) in [5.74, 6) is -1.47. The lowest BCUT2D eigenvalue weighted by Crippen LogP contribution is -2.44. The normalized spacial score (nSPS) is 10.3. The van der Waals surface area contributed by atoms with Gasteiger partial charge in [0.05, 0.1) is 19.4 Å². The molecule has 0 bridgehead atoms. The molecule has 6 heteroatoms. The maximum Gasteiger partial charge on any atom is 0.305 e. The van der Waals surface area contributed by atoms with Gasteiger partial charge in [-0.1, -0.05) is 30.3 Å². The molecule has 0 atom stereocenters. The molecule has 0 aliphatic rings. The lowest BCUT2D eigenvalue weighted by molar-refractivity contribution is -0.139. The molecule has 0 aromatic heterocycles. The standard InChI is InChI=1S/C16H22N2O4/c1-12(2)18(9-8-16(21)22)15(20)11-17-14(19)10-13-6-4-3-5-7-13/h3-7,12H,8-11H2,1-2H3,(H,17,19)(H,21,22). The monoisotopic (exact) mass is 306 g/mol. The van der Waals surface area contributed by atoms with Crippen molar-refractivity contribution in [1.29, 1.82) is 0 Å². The lowest BCUT2D eigenvalue weighted by Gasteiger charge is -2.26. The summed E-state index contributed by atoms with van der Waals surface area (Å²) in [4.78, 5) is 35.9. The van der Waals surface area contributed by atoms with Crippen molar-refractivity contribution < 1.29 is 19.5 Å². The second kappa shape index (κ2) is 8.81. The van der Waals surface area contributed by atoms with Gasteiger partial charge >= 0.3 is 5.97 Å². The van der Waals surface area contributed by atoms with Gasteiger partial charge in [-0.15, -0.1) is 0 Å². The number of nitrogens with zero attached hydrogens (tertiary/aromatic N) is 1. The number of rotatable bonds is 8. The van der Waals surface area contributed by atoms with Gasteiger partial charge in [0.2, 0.25) is 11.8 Å². The van der Waals surface area contributed by atoms with Crippen molar-refractivity contribution in [1.82, 2.24) is 10.2 Å². The van der Waals surface area contributed by atoms with Crippen LogP contribution in [-0.2, 0) is 20.8 Å². The van der Waals surface area contributed by atoms with Crippen LogP contribution in [0.2, 0.25) is 0 Å². The molecule has 2 N–H and O–H groups in total. The lowest BCUT2D eigenvalue weighted by atomic mass is 10.1. The molecule has 1 rings (SSSR count). The molecule has 120 valence electrons. The van der Waals surface area contributed by atoms with Crippen LogP contribution in [0.4, 0.5) is 0 Å². The quantitative estimate of drug-likeness (QED) is 0.752. The molecule has 0 fully saturated rings. The predicted molar refractivity (Wildman–Crippen MR) is 82.3 cm³/mol. The fourth-order valence-corrected chi connectivity index (χ4v) is 2.01. The Kier molecular flexibility index (Phi) is 7.08. The third-order valence-electron chi connectivity index (χ3n) is 3.15. The van der Waals surface area contributed by atoms with Gasteiger partial charge in [0.25, 0.3) is 0 Å². The van der Waals surface area contributed by atoms with E-state index in [9.17, 15) is 14.4 Å². The van der Waals surface area contributed by atoms with E-state index >= 15 is 0 Å². The van der Waals surface area contributed by atoms with E-state index < -0.39 is 5.97 Å². The number of hydrogen-bond acceptors (Lipinski definition) is 3. The minimum atomic E-state index is -0.952. The van der Waals surface area contributed by atoms with Crippen LogP contribution in [0.1, 0.15) is 25.8 Å². The fraction of sp³-hybridized carbons (Fsp3) is 0.438. The van der Waals surface area contributed by atoms with Crippen LogP contribution in [0.25, 0.3) is 0 Å². The van der Waals surface area contributed by atoms with E-state index in [1.54, 1.807) is 0 Å². The Morgan fingerprint density at radius 2 is 1.82 bits per heavy atom. The van der Waals surface area contributed by atoms with Crippen molar-refractivity contribution in [2.24, 2.45) is 0 Å². The Balaban J connectivity index is 2.45. The van der Waals surface area contributed by atoms with Crippen LogP contribution < -0.4 is 5.32 Å². The minimum absolute atomic E-state index is 0.109. The van der Waals surface area contributed by atoms with E-state index in [-0.39, 0.29) is 43.8 Å². The number of carbonyl (C=O) groups is 3. The molecular formula is C16H22N2O4. The minimum Gasteiger partial charge on any atom is -0.481 e. The molecular weight excluding hydrogens is 284 g/mol. The van der Waals surface area contributed by atoms with Crippen molar-refractivity contribution in [3.63, 3.8) is 0 Å². The van der Waals surface area contributed by atoms with E-state index in [4.69, 9.17) is 5.11 Å². The Hall–Kier alpha value is -2.37. The average Bonchev–Trinajstić information content (AvgIpc) is 2.45. The van der Waals surface area contributed by atoms with Crippen LogP contribution in [0.3, 0.4) is 0 Å². The zero-order valence-electron chi connectivity index (χ0n) is 12.9. The van der Waals surface area contributed by atoms with Gasteiger partial charge in [-0.25, -0.2) is 0 Å². The first-order chi connectivity index (χ1) is 10.4. The van der Waals surface area contributed by atoms with Crippen molar-refractivity contribution in [3.8, 4) is 0 Å². The number of hydrogen-bond donors (Lipinski definition) is 2. The number of benzene rings is 1. The molecule has 0 aliphatic carbocycles. The Morgan fingerprint density at radius 3 is 2.36 bits per heavy atom. The molecule has 22 heavy (non-hydrogen) atoms. The molecule has 0 unspecified atom stereocenters. The van der Waals surface area contributed by atoms with E-state index in [0.29, 0.717) is 0 Å². The fourth-order valence-electron chi connectivity index (χ4n) is 2.01. The molecule has 2 amide bonds. The Bertz CT molecular complexity index is 514. The maximum absolute atomic E-state index is 12.1. The van der Waals surface area contributed by atoms with Crippen molar-refractivity contribution in [2.45, 2.75) is 32.7 Å². The van der Waals surface area contributed by atoms with Crippen LogP contribution in [0, 0.1) is 0 Å². The first-order valence-corrected chi connectivity index (χ1v) is 7.22. The molecule has 0 saturated carbocycles. The molecule has 6 nitrogen and oxygen atoms in total. The topological polar surface area (TPSA) is 86.7 Å². The Labute approximate surface area is 130 Å². The van der Waals surface area contributed by atoms with Gasteiger partial charge < -0.3 is 15.3 Å². The summed E-state index contributed by atoms with van der Waals surface area (Å²) in [6, 6.07) is 9.13. The van der Waals surface area contributed by atoms with E-state index in [2.05, 4.69) is 5.32 Å². The molecule has 1 aromatic carbocycles. The molecule has 0 radical (unpaired) electrons. The van der Waals surface area contributed by atoms with Crippen LogP contribution in [0.5, 0.6) is 0 Å². The summed E-state index contributed by atoms with van der Waals surface area (Å²) in [5.41, 5.74) is 0.874. The van der Waals surface area contributed by atoms with Crippen molar-refractivity contribution in [3.05, 3.63) is 35.9 Å². The van der Waals surface area contributed by atoms with Crippen LogP contribution in [-0.4, -0.2) is 46.9 Å². The summed E-state index contributed by atoms with van der Waals surface area (Å²) >= 11 is 0. The smallest absolute Gasteiger partial charge is 0.305 e. The molecule has 0 saturated heterocycles. The molecule has 0 aliphatic heterocycles. The number of carboxylic acid groups (broad SMARTS) is 1. The van der Waals surface area contributed by atoms with Gasteiger partial charge in [0.15, 0.2) is 0 Å². The highest BCUT2D eigenvalue weighted by molar-refractivity contribution is 5.86. The molecule has 0 spiro atoms. The van der Waals surface area contributed by atoms with Crippen molar-refractivity contribution >= 4 is 17.8 Å². The van der Waals surface area contributed by atoms with E-state index in [1.165, 1.54) is 4.90 Å². The number of carbonyl (C=O) groups excluding carboxylic acids is 2. The van der Waals surface area contributed by atoms with Crippen LogP contribution in [0.15, 0.2) is 30.3 Å². The summed E-state index contributed by atoms with van der Waals surface area (Å²) < 4.78 is 0. The third-order valence-corrected chi connectivity index (χ3v) is 3.15. The van der Waals surface area contributed by atoms with Crippen LogP contribution >= 0.6 is 0 Å². The van der Waals surface area contributed by atoms with Gasteiger partial charge in [0.1, 0.15) is 0 Å². The van der Waals surface area contributed by atoms with Gasteiger partial charge in [-0.2, -0.15) is 0 Å². The number of amides is 2. The summed E-state index contributed by atoms with van der Waals surface area (Å²) in [7, 11) is 0. The molecule has 0 heterocycles. The van der Waals surface area contributed by atoms with E-state index in [1.807, 2.05) is 44.2 Å². The summed E-state index contributed by atoms with van der Waals surface area (Å²) in [5, 5.41) is 11.3. The van der Waals surface area contributed by atoms with Gasteiger partial charge in [0, 0.05) is 12.6 Å².